The maximum absolute atomic E-state index is 12.2. The van der Waals surface area contributed by atoms with Crippen molar-refractivity contribution in [2.75, 3.05) is 19.3 Å². The van der Waals surface area contributed by atoms with Crippen LogP contribution in [0.3, 0.4) is 0 Å². The van der Waals surface area contributed by atoms with Crippen molar-refractivity contribution in [1.82, 2.24) is 10.0 Å². The first-order valence-electron chi connectivity index (χ1n) is 6.18. The van der Waals surface area contributed by atoms with E-state index in [1.165, 1.54) is 19.2 Å². The monoisotopic (exact) mass is 299 g/mol. The van der Waals surface area contributed by atoms with Crippen LogP contribution < -0.4 is 15.8 Å². The van der Waals surface area contributed by atoms with Gasteiger partial charge in [-0.1, -0.05) is 6.07 Å². The van der Waals surface area contributed by atoms with E-state index in [4.69, 9.17) is 5.73 Å². The maximum Gasteiger partial charge on any atom is 0.240 e. The number of nitrogens with one attached hydrogen (secondary N) is 2. The summed E-state index contributed by atoms with van der Waals surface area (Å²) in [6.45, 7) is 5.13. The van der Waals surface area contributed by atoms with Crippen LogP contribution in [0.25, 0.3) is 0 Å². The van der Waals surface area contributed by atoms with E-state index in [-0.39, 0.29) is 17.3 Å². The summed E-state index contributed by atoms with van der Waals surface area (Å²) in [6.07, 6.45) is 0. The fourth-order valence-corrected chi connectivity index (χ4v) is 2.81. The van der Waals surface area contributed by atoms with Crippen molar-refractivity contribution >= 4 is 21.6 Å². The van der Waals surface area contributed by atoms with E-state index in [2.05, 4.69) is 10.0 Å². The third-order valence-corrected chi connectivity index (χ3v) is 4.51. The molecule has 0 spiro atoms. The van der Waals surface area contributed by atoms with Gasteiger partial charge >= 0.3 is 0 Å². The number of nitrogens with two attached hydrogens (primary N) is 1. The summed E-state index contributed by atoms with van der Waals surface area (Å²) >= 11 is 0. The second kappa shape index (κ2) is 5.80. The zero-order valence-electron chi connectivity index (χ0n) is 12.1. The van der Waals surface area contributed by atoms with Gasteiger partial charge in [-0.15, -0.1) is 0 Å². The van der Waals surface area contributed by atoms with Crippen molar-refractivity contribution in [3.05, 3.63) is 23.8 Å². The highest BCUT2D eigenvalue weighted by atomic mass is 32.2. The average molecular weight is 299 g/mol. The van der Waals surface area contributed by atoms with Crippen LogP contribution in [0.4, 0.5) is 5.69 Å². The third kappa shape index (κ3) is 3.71. The molecule has 0 saturated heterocycles. The first-order chi connectivity index (χ1) is 9.10. The molecule has 0 atom stereocenters. The fraction of sp³-hybridized carbons (Fsp3) is 0.462. The highest BCUT2D eigenvalue weighted by Gasteiger charge is 2.28. The van der Waals surface area contributed by atoms with Crippen molar-refractivity contribution in [3.8, 4) is 0 Å². The fourth-order valence-electron chi connectivity index (χ4n) is 1.56. The molecule has 0 aliphatic carbocycles. The van der Waals surface area contributed by atoms with Crippen LogP contribution in [0, 0.1) is 12.3 Å². The van der Waals surface area contributed by atoms with Gasteiger partial charge in [0.05, 0.1) is 10.3 Å². The number of nitrogen functional groups attached to an aromatic ring is 1. The lowest BCUT2D eigenvalue weighted by Crippen LogP contribution is -2.43. The topological polar surface area (TPSA) is 101 Å². The second-order valence-corrected chi connectivity index (χ2v) is 7.07. The minimum Gasteiger partial charge on any atom is -0.398 e. The number of anilines is 1. The first-order valence-corrected chi connectivity index (χ1v) is 7.66. The number of benzene rings is 1. The summed E-state index contributed by atoms with van der Waals surface area (Å²) in [5, 5.41) is 2.50. The highest BCUT2D eigenvalue weighted by molar-refractivity contribution is 7.89. The van der Waals surface area contributed by atoms with Crippen LogP contribution in [-0.4, -0.2) is 27.9 Å². The smallest absolute Gasteiger partial charge is 0.240 e. The number of rotatable bonds is 5. The molecule has 0 heterocycles. The molecule has 112 valence electrons. The zero-order valence-corrected chi connectivity index (χ0v) is 13.0. The standard InChI is InChI=1S/C13H21N3O3S/c1-9-5-6-10(7-11(9)14)20(18,19)16-8-13(2,3)12(17)15-4/h5-7,16H,8,14H2,1-4H3,(H,15,17). The lowest BCUT2D eigenvalue weighted by molar-refractivity contribution is -0.128. The predicted octanol–water partition coefficient (Wildman–Crippen LogP) is 0.628. The lowest BCUT2D eigenvalue weighted by Gasteiger charge is -2.22. The highest BCUT2D eigenvalue weighted by Crippen LogP contribution is 2.19. The minimum atomic E-state index is -3.68. The number of carbonyl (C=O) groups excluding carboxylic acids is 1. The molecule has 0 radical (unpaired) electrons. The van der Waals surface area contributed by atoms with E-state index in [1.54, 1.807) is 26.8 Å². The van der Waals surface area contributed by atoms with Crippen LogP contribution >= 0.6 is 0 Å². The number of hydrogen-bond donors (Lipinski definition) is 3. The summed E-state index contributed by atoms with van der Waals surface area (Å²) < 4.78 is 26.7. The molecule has 1 aromatic rings. The Bertz CT molecular complexity index is 609. The van der Waals surface area contributed by atoms with Crippen molar-refractivity contribution in [2.24, 2.45) is 5.41 Å². The molecule has 0 saturated carbocycles. The zero-order chi connectivity index (χ0) is 15.6. The molecule has 4 N–H and O–H groups in total. The average Bonchev–Trinajstić information content (AvgIpc) is 2.38. The minimum absolute atomic E-state index is 0.00277. The Kier molecular flexibility index (Phi) is 4.77. The van der Waals surface area contributed by atoms with Gasteiger partial charge in [0.25, 0.3) is 0 Å². The van der Waals surface area contributed by atoms with Gasteiger partial charge in [0.15, 0.2) is 0 Å². The van der Waals surface area contributed by atoms with E-state index in [1.807, 2.05) is 0 Å². The van der Waals surface area contributed by atoms with Gasteiger partial charge in [0, 0.05) is 19.3 Å². The van der Waals surface area contributed by atoms with Crippen LogP contribution in [0.2, 0.25) is 0 Å². The molecule has 1 rings (SSSR count). The Labute approximate surface area is 119 Å². The Morgan fingerprint density at radius 1 is 1.35 bits per heavy atom. The van der Waals surface area contributed by atoms with E-state index >= 15 is 0 Å². The van der Waals surface area contributed by atoms with Gasteiger partial charge in [0.2, 0.25) is 15.9 Å². The van der Waals surface area contributed by atoms with E-state index < -0.39 is 15.4 Å². The first kappa shape index (κ1) is 16.5. The van der Waals surface area contributed by atoms with Crippen LogP contribution in [0.15, 0.2) is 23.1 Å². The molecule has 1 amide bonds. The number of aryl methyl sites for hydroxylation is 1. The van der Waals surface area contributed by atoms with Crippen molar-refractivity contribution < 1.29 is 13.2 Å². The van der Waals surface area contributed by atoms with Crippen molar-refractivity contribution in [3.63, 3.8) is 0 Å². The van der Waals surface area contributed by atoms with Gasteiger partial charge < -0.3 is 11.1 Å². The summed E-state index contributed by atoms with van der Waals surface area (Å²) in [5.74, 6) is -0.233. The summed E-state index contributed by atoms with van der Waals surface area (Å²) in [4.78, 5) is 11.7. The van der Waals surface area contributed by atoms with E-state index in [0.717, 1.165) is 5.56 Å². The molecule has 0 aromatic heterocycles. The van der Waals surface area contributed by atoms with Gasteiger partial charge in [-0.25, -0.2) is 13.1 Å². The number of sulfonamides is 1. The molecule has 20 heavy (non-hydrogen) atoms. The number of hydrogen-bond acceptors (Lipinski definition) is 4. The summed E-state index contributed by atoms with van der Waals surface area (Å²) in [7, 11) is -2.17. The Morgan fingerprint density at radius 3 is 2.45 bits per heavy atom. The molecule has 6 nitrogen and oxygen atoms in total. The Morgan fingerprint density at radius 2 is 1.95 bits per heavy atom. The molecular weight excluding hydrogens is 278 g/mol. The van der Waals surface area contributed by atoms with E-state index in [9.17, 15) is 13.2 Å². The Hall–Kier alpha value is -1.60. The molecule has 0 aliphatic heterocycles. The molecule has 0 aliphatic rings. The lowest BCUT2D eigenvalue weighted by atomic mass is 9.93. The number of amides is 1. The Balaban J connectivity index is 2.91. The quantitative estimate of drug-likeness (QED) is 0.694. The number of carbonyl (C=O) groups is 1. The maximum atomic E-state index is 12.2. The normalized spacial score (nSPS) is 12.2. The molecule has 0 unspecified atom stereocenters. The largest absolute Gasteiger partial charge is 0.398 e. The van der Waals surface area contributed by atoms with E-state index in [0.29, 0.717) is 5.69 Å². The molecule has 0 fully saturated rings. The van der Waals surface area contributed by atoms with Crippen LogP contribution in [0.1, 0.15) is 19.4 Å². The predicted molar refractivity (Wildman–Crippen MR) is 78.6 cm³/mol. The summed E-state index contributed by atoms with van der Waals surface area (Å²) in [6, 6.07) is 4.54. The molecule has 0 bridgehead atoms. The second-order valence-electron chi connectivity index (χ2n) is 5.31. The van der Waals surface area contributed by atoms with Gasteiger partial charge in [-0.2, -0.15) is 0 Å². The molecule has 1 aromatic carbocycles. The van der Waals surface area contributed by atoms with Crippen LogP contribution in [0.5, 0.6) is 0 Å². The SMILES string of the molecule is CNC(=O)C(C)(C)CNS(=O)(=O)c1ccc(C)c(N)c1. The van der Waals surface area contributed by atoms with Gasteiger partial charge in [-0.05, 0) is 38.5 Å². The third-order valence-electron chi connectivity index (χ3n) is 3.11. The van der Waals surface area contributed by atoms with Gasteiger partial charge in [0.1, 0.15) is 0 Å². The van der Waals surface area contributed by atoms with Crippen molar-refractivity contribution in [1.29, 1.82) is 0 Å². The van der Waals surface area contributed by atoms with Crippen molar-refractivity contribution in [2.45, 2.75) is 25.7 Å². The summed E-state index contributed by atoms with van der Waals surface area (Å²) in [5.41, 5.74) is 6.11. The molecular formula is C13H21N3O3S. The molecule has 7 heteroatoms. The van der Waals surface area contributed by atoms with Crippen LogP contribution in [-0.2, 0) is 14.8 Å². The van der Waals surface area contributed by atoms with Gasteiger partial charge in [-0.3, -0.25) is 4.79 Å².